The highest BCUT2D eigenvalue weighted by Crippen LogP contribution is 2.33. The highest BCUT2D eigenvalue weighted by atomic mass is 16.7. The average Bonchev–Trinajstić information content (AvgIpc) is 3.22. The second kappa shape index (κ2) is 9.22. The van der Waals surface area contributed by atoms with Gasteiger partial charge in [-0.1, -0.05) is 48.5 Å². The number of amides is 2. The molecule has 1 heterocycles. The lowest BCUT2D eigenvalue weighted by atomic mass is 9.98. The molecule has 1 aliphatic rings. The van der Waals surface area contributed by atoms with Crippen LogP contribution in [0.5, 0.6) is 17.2 Å². The quantitative estimate of drug-likeness (QED) is 0.612. The molecule has 2 amide bonds. The van der Waals surface area contributed by atoms with Gasteiger partial charge in [0.15, 0.2) is 11.5 Å². The summed E-state index contributed by atoms with van der Waals surface area (Å²) < 4.78 is 16.2. The number of nitrogens with one attached hydrogen (secondary N) is 2. The number of hydrogen-bond donors (Lipinski definition) is 2. The minimum atomic E-state index is -0.277. The van der Waals surface area contributed by atoms with Gasteiger partial charge in [-0.05, 0) is 48.2 Å². The monoisotopic (exact) mass is 404 g/mol. The highest BCUT2D eigenvalue weighted by Gasteiger charge is 2.18. The van der Waals surface area contributed by atoms with Gasteiger partial charge in [-0.2, -0.15) is 0 Å². The van der Waals surface area contributed by atoms with E-state index in [1.165, 1.54) is 0 Å². The first kappa shape index (κ1) is 19.6. The van der Waals surface area contributed by atoms with E-state index in [9.17, 15) is 4.79 Å². The van der Waals surface area contributed by atoms with Crippen LogP contribution in [0.25, 0.3) is 0 Å². The molecule has 6 nitrogen and oxygen atoms in total. The van der Waals surface area contributed by atoms with E-state index in [1.807, 2.05) is 60.7 Å². The molecule has 0 aromatic heterocycles. The number of methoxy groups -OCH3 is 1. The summed E-state index contributed by atoms with van der Waals surface area (Å²) in [6.07, 6.45) is 1.36. The van der Waals surface area contributed by atoms with Crippen LogP contribution in [0.15, 0.2) is 72.8 Å². The lowest BCUT2D eigenvalue weighted by molar-refractivity contribution is 0.174. The van der Waals surface area contributed by atoms with Gasteiger partial charge in [-0.3, -0.25) is 0 Å². The molecule has 0 radical (unpaired) electrons. The van der Waals surface area contributed by atoms with Gasteiger partial charge in [0.1, 0.15) is 5.75 Å². The fourth-order valence-corrected chi connectivity index (χ4v) is 3.52. The molecule has 0 saturated carbocycles. The predicted molar refractivity (Wildman–Crippen MR) is 115 cm³/mol. The second-order valence-electron chi connectivity index (χ2n) is 7.08. The number of fused-ring (bicyclic) bond motifs is 1. The van der Waals surface area contributed by atoms with Crippen molar-refractivity contribution >= 4 is 11.7 Å². The van der Waals surface area contributed by atoms with Gasteiger partial charge in [0.05, 0.1) is 12.8 Å². The van der Waals surface area contributed by atoms with E-state index >= 15 is 0 Å². The van der Waals surface area contributed by atoms with Crippen LogP contribution < -0.4 is 24.8 Å². The zero-order valence-electron chi connectivity index (χ0n) is 16.8. The van der Waals surface area contributed by atoms with Crippen LogP contribution in [0.4, 0.5) is 10.5 Å². The standard InChI is InChI=1S/C24H24N2O4/c1-28-21-10-6-5-9-20(21)26-24(27)25-19(13-17-7-3-2-4-8-17)14-18-11-12-22-23(15-18)30-16-29-22/h2-12,15,19H,13-14,16H2,1H3,(H2,25,26,27)/t19-/m0/s1. The third kappa shape index (κ3) is 4.84. The van der Waals surface area contributed by atoms with E-state index in [0.29, 0.717) is 24.3 Å². The average molecular weight is 404 g/mol. The molecule has 0 unspecified atom stereocenters. The summed E-state index contributed by atoms with van der Waals surface area (Å²) in [5.74, 6) is 2.10. The maximum atomic E-state index is 12.7. The van der Waals surface area contributed by atoms with Gasteiger partial charge in [-0.25, -0.2) is 4.79 Å². The first-order valence-corrected chi connectivity index (χ1v) is 9.84. The van der Waals surface area contributed by atoms with Crippen molar-refractivity contribution in [3.63, 3.8) is 0 Å². The maximum absolute atomic E-state index is 12.7. The SMILES string of the molecule is COc1ccccc1NC(=O)N[C@@H](Cc1ccccc1)Cc1ccc2c(c1)OCO2. The predicted octanol–water partition coefficient (Wildman–Crippen LogP) is 4.40. The summed E-state index contributed by atoms with van der Waals surface area (Å²) in [5.41, 5.74) is 2.85. The highest BCUT2D eigenvalue weighted by molar-refractivity contribution is 5.91. The Labute approximate surface area is 175 Å². The van der Waals surface area contributed by atoms with E-state index in [2.05, 4.69) is 22.8 Å². The zero-order chi connectivity index (χ0) is 20.8. The Morgan fingerprint density at radius 3 is 2.50 bits per heavy atom. The fourth-order valence-electron chi connectivity index (χ4n) is 3.52. The van der Waals surface area contributed by atoms with Crippen LogP contribution in [0.1, 0.15) is 11.1 Å². The van der Waals surface area contributed by atoms with E-state index < -0.39 is 0 Å². The number of anilines is 1. The topological polar surface area (TPSA) is 68.8 Å². The Hall–Kier alpha value is -3.67. The maximum Gasteiger partial charge on any atom is 0.319 e. The Kier molecular flexibility index (Phi) is 6.03. The number of para-hydroxylation sites is 2. The van der Waals surface area contributed by atoms with Crippen molar-refractivity contribution in [2.24, 2.45) is 0 Å². The van der Waals surface area contributed by atoms with Gasteiger partial charge in [0, 0.05) is 6.04 Å². The summed E-state index contributed by atoms with van der Waals surface area (Å²) >= 11 is 0. The molecule has 3 aromatic carbocycles. The Morgan fingerprint density at radius 2 is 1.67 bits per heavy atom. The molecule has 0 aliphatic carbocycles. The summed E-state index contributed by atoms with van der Waals surface area (Å²) in [5, 5.41) is 5.99. The van der Waals surface area contributed by atoms with Crippen LogP contribution in [0, 0.1) is 0 Å². The smallest absolute Gasteiger partial charge is 0.319 e. The molecule has 0 saturated heterocycles. The number of benzene rings is 3. The van der Waals surface area contributed by atoms with Crippen LogP contribution in [0.3, 0.4) is 0 Å². The van der Waals surface area contributed by atoms with E-state index in [0.717, 1.165) is 22.6 Å². The number of hydrogen-bond acceptors (Lipinski definition) is 4. The summed E-state index contributed by atoms with van der Waals surface area (Å²) in [6.45, 7) is 0.242. The second-order valence-corrected chi connectivity index (χ2v) is 7.08. The van der Waals surface area contributed by atoms with Crippen molar-refractivity contribution in [3.05, 3.63) is 83.9 Å². The van der Waals surface area contributed by atoms with Crippen molar-refractivity contribution < 1.29 is 19.0 Å². The Balaban J connectivity index is 1.49. The molecule has 30 heavy (non-hydrogen) atoms. The largest absolute Gasteiger partial charge is 0.495 e. The van der Waals surface area contributed by atoms with Gasteiger partial charge >= 0.3 is 6.03 Å². The molecule has 1 aliphatic heterocycles. The first-order chi connectivity index (χ1) is 14.7. The van der Waals surface area contributed by atoms with Gasteiger partial charge < -0.3 is 24.8 Å². The van der Waals surface area contributed by atoms with Crippen molar-refractivity contribution in [2.45, 2.75) is 18.9 Å². The van der Waals surface area contributed by atoms with E-state index in [-0.39, 0.29) is 18.9 Å². The molecule has 1 atom stereocenters. The van der Waals surface area contributed by atoms with E-state index in [4.69, 9.17) is 14.2 Å². The van der Waals surface area contributed by atoms with Crippen LogP contribution >= 0.6 is 0 Å². The van der Waals surface area contributed by atoms with E-state index in [1.54, 1.807) is 7.11 Å². The molecule has 0 bridgehead atoms. The van der Waals surface area contributed by atoms with Gasteiger partial charge in [0.25, 0.3) is 0 Å². The van der Waals surface area contributed by atoms with Crippen molar-refractivity contribution in [1.29, 1.82) is 0 Å². The van der Waals surface area contributed by atoms with Crippen LogP contribution in [0.2, 0.25) is 0 Å². The molecule has 6 heteroatoms. The Bertz CT molecular complexity index is 1010. The van der Waals surface area contributed by atoms with Gasteiger partial charge in [-0.15, -0.1) is 0 Å². The molecule has 0 fully saturated rings. The third-order valence-corrected chi connectivity index (χ3v) is 4.93. The first-order valence-electron chi connectivity index (χ1n) is 9.84. The number of rotatable bonds is 7. The van der Waals surface area contributed by atoms with Crippen molar-refractivity contribution in [1.82, 2.24) is 5.32 Å². The minimum absolute atomic E-state index is 0.109. The molecule has 154 valence electrons. The normalized spacial score (nSPS) is 12.8. The summed E-state index contributed by atoms with van der Waals surface area (Å²) in [7, 11) is 1.58. The fraction of sp³-hybridized carbons (Fsp3) is 0.208. The molecule has 3 aromatic rings. The van der Waals surface area contributed by atoms with Crippen molar-refractivity contribution in [3.8, 4) is 17.2 Å². The zero-order valence-corrected chi connectivity index (χ0v) is 16.8. The van der Waals surface area contributed by atoms with Crippen LogP contribution in [-0.2, 0) is 12.8 Å². The summed E-state index contributed by atoms with van der Waals surface area (Å²) in [6, 6.07) is 22.9. The third-order valence-electron chi connectivity index (χ3n) is 4.93. The number of carbonyl (C=O) groups excluding carboxylic acids is 1. The Morgan fingerprint density at radius 1 is 0.933 bits per heavy atom. The molecule has 2 N–H and O–H groups in total. The lowest BCUT2D eigenvalue weighted by Crippen LogP contribution is -2.40. The van der Waals surface area contributed by atoms with Crippen LogP contribution in [-0.4, -0.2) is 26.0 Å². The number of urea groups is 1. The molecular formula is C24H24N2O4. The molecular weight excluding hydrogens is 380 g/mol. The van der Waals surface area contributed by atoms with Crippen molar-refractivity contribution in [2.75, 3.05) is 19.2 Å². The number of carbonyl (C=O) groups is 1. The minimum Gasteiger partial charge on any atom is -0.495 e. The molecule has 4 rings (SSSR count). The summed E-state index contributed by atoms with van der Waals surface area (Å²) in [4.78, 5) is 12.7. The number of ether oxygens (including phenoxy) is 3. The lowest BCUT2D eigenvalue weighted by Gasteiger charge is -2.20. The van der Waals surface area contributed by atoms with Gasteiger partial charge in [0.2, 0.25) is 6.79 Å². The molecule has 0 spiro atoms.